The molecule has 1 rings (SSSR count). The second-order valence-corrected chi connectivity index (χ2v) is 5.22. The first-order valence-electron chi connectivity index (χ1n) is 6.62. The summed E-state index contributed by atoms with van der Waals surface area (Å²) in [5.41, 5.74) is 0. The van der Waals surface area contributed by atoms with E-state index in [2.05, 4.69) is 0 Å². The van der Waals surface area contributed by atoms with Crippen LogP contribution in [0.25, 0.3) is 0 Å². The minimum Gasteiger partial charge on any atom is -0.465 e. The smallest absolute Gasteiger partial charge is 0.323 e. The third kappa shape index (κ3) is 3.40. The normalized spacial score (nSPS) is 25.4. The second kappa shape index (κ2) is 5.95. The van der Waals surface area contributed by atoms with Crippen LogP contribution in [0.15, 0.2) is 0 Å². The van der Waals surface area contributed by atoms with E-state index in [0.717, 1.165) is 6.42 Å². The molecule has 1 saturated heterocycles. The summed E-state index contributed by atoms with van der Waals surface area (Å²) in [6.45, 7) is 7.53. The number of alkyl halides is 2. The molecule has 0 saturated carbocycles. The van der Waals surface area contributed by atoms with Gasteiger partial charge >= 0.3 is 5.97 Å². The molecule has 2 atom stereocenters. The largest absolute Gasteiger partial charge is 0.465 e. The van der Waals surface area contributed by atoms with Crippen molar-refractivity contribution in [3.8, 4) is 0 Å². The standard InChI is InChI=1S/C13H23F2NO2/c1-5-10(9(3)4)16-8-13(14,15)7-11(16)12(17)18-6-2/h9-11H,5-8H2,1-4H3. The molecule has 0 radical (unpaired) electrons. The van der Waals surface area contributed by atoms with E-state index in [4.69, 9.17) is 4.74 Å². The first-order chi connectivity index (χ1) is 8.32. The maximum Gasteiger partial charge on any atom is 0.323 e. The molecule has 0 aliphatic carbocycles. The fourth-order valence-corrected chi connectivity index (χ4v) is 2.74. The molecule has 1 aliphatic heterocycles. The summed E-state index contributed by atoms with van der Waals surface area (Å²) in [4.78, 5) is 13.4. The number of hydrogen-bond acceptors (Lipinski definition) is 3. The molecule has 18 heavy (non-hydrogen) atoms. The van der Waals surface area contributed by atoms with Crippen molar-refractivity contribution in [1.82, 2.24) is 4.90 Å². The minimum atomic E-state index is -2.79. The van der Waals surface area contributed by atoms with E-state index in [1.54, 1.807) is 11.8 Å². The van der Waals surface area contributed by atoms with Crippen molar-refractivity contribution >= 4 is 5.97 Å². The monoisotopic (exact) mass is 263 g/mol. The molecule has 5 heteroatoms. The van der Waals surface area contributed by atoms with Crippen molar-refractivity contribution in [2.75, 3.05) is 13.2 Å². The molecule has 0 aromatic carbocycles. The Bertz CT molecular complexity index is 295. The van der Waals surface area contributed by atoms with Crippen molar-refractivity contribution in [2.45, 2.75) is 58.5 Å². The van der Waals surface area contributed by atoms with Gasteiger partial charge in [0.05, 0.1) is 13.2 Å². The van der Waals surface area contributed by atoms with Gasteiger partial charge in [0.2, 0.25) is 0 Å². The number of carbonyl (C=O) groups excluding carboxylic acids is 1. The summed E-state index contributed by atoms with van der Waals surface area (Å²) in [7, 11) is 0. The van der Waals surface area contributed by atoms with Crippen LogP contribution in [0.5, 0.6) is 0 Å². The van der Waals surface area contributed by atoms with Gasteiger partial charge in [0.15, 0.2) is 0 Å². The van der Waals surface area contributed by atoms with Gasteiger partial charge in [0, 0.05) is 12.5 Å². The number of carbonyl (C=O) groups is 1. The number of nitrogens with zero attached hydrogens (tertiary/aromatic N) is 1. The summed E-state index contributed by atoms with van der Waals surface area (Å²) in [5.74, 6) is -3.07. The van der Waals surface area contributed by atoms with Crippen LogP contribution in [0.1, 0.15) is 40.5 Å². The zero-order valence-corrected chi connectivity index (χ0v) is 11.6. The van der Waals surface area contributed by atoms with E-state index in [1.165, 1.54) is 0 Å². The Morgan fingerprint density at radius 1 is 1.44 bits per heavy atom. The number of rotatable bonds is 5. The Kier molecular flexibility index (Phi) is 5.08. The fourth-order valence-electron chi connectivity index (χ4n) is 2.74. The van der Waals surface area contributed by atoms with E-state index in [-0.39, 0.29) is 25.1 Å². The Morgan fingerprint density at radius 2 is 2.06 bits per heavy atom. The lowest BCUT2D eigenvalue weighted by Crippen LogP contribution is -2.46. The fraction of sp³-hybridized carbons (Fsp3) is 0.923. The van der Waals surface area contributed by atoms with Crippen LogP contribution in [0.2, 0.25) is 0 Å². The first kappa shape index (κ1) is 15.3. The first-order valence-corrected chi connectivity index (χ1v) is 6.62. The number of hydrogen-bond donors (Lipinski definition) is 0. The molecule has 0 bridgehead atoms. The van der Waals surface area contributed by atoms with Gasteiger partial charge in [0.25, 0.3) is 5.92 Å². The molecule has 3 nitrogen and oxygen atoms in total. The molecule has 0 spiro atoms. The molecule has 1 heterocycles. The third-order valence-corrected chi connectivity index (χ3v) is 3.48. The van der Waals surface area contributed by atoms with Crippen LogP contribution in [0.4, 0.5) is 8.78 Å². The number of halogens is 2. The van der Waals surface area contributed by atoms with Crippen molar-refractivity contribution in [1.29, 1.82) is 0 Å². The Hall–Kier alpha value is -0.710. The van der Waals surface area contributed by atoms with E-state index < -0.39 is 24.4 Å². The quantitative estimate of drug-likeness (QED) is 0.714. The second-order valence-electron chi connectivity index (χ2n) is 5.22. The van der Waals surface area contributed by atoms with Crippen LogP contribution in [0.3, 0.4) is 0 Å². The summed E-state index contributed by atoms with van der Waals surface area (Å²) in [6, 6.07) is -0.805. The number of likely N-dealkylation sites (tertiary alicyclic amines) is 1. The molecule has 1 fully saturated rings. The molecule has 1 aliphatic rings. The van der Waals surface area contributed by atoms with Gasteiger partial charge in [-0.2, -0.15) is 0 Å². The zero-order chi connectivity index (χ0) is 13.9. The lowest BCUT2D eigenvalue weighted by Gasteiger charge is -2.33. The Balaban J connectivity index is 2.88. The predicted molar refractivity (Wildman–Crippen MR) is 65.6 cm³/mol. The van der Waals surface area contributed by atoms with Crippen LogP contribution in [-0.4, -0.2) is 42.0 Å². The molecule has 0 N–H and O–H groups in total. The van der Waals surface area contributed by atoms with Gasteiger partial charge in [-0.1, -0.05) is 20.8 Å². The molecule has 0 aromatic rings. The van der Waals surface area contributed by atoms with Gasteiger partial charge < -0.3 is 4.74 Å². The highest BCUT2D eigenvalue weighted by Gasteiger charge is 2.50. The van der Waals surface area contributed by atoms with Crippen LogP contribution in [-0.2, 0) is 9.53 Å². The lowest BCUT2D eigenvalue weighted by molar-refractivity contribution is -0.149. The lowest BCUT2D eigenvalue weighted by atomic mass is 9.99. The SMILES string of the molecule is CCOC(=O)C1CC(F)(F)CN1C(CC)C(C)C. The van der Waals surface area contributed by atoms with E-state index >= 15 is 0 Å². The number of esters is 1. The third-order valence-electron chi connectivity index (χ3n) is 3.48. The van der Waals surface area contributed by atoms with Gasteiger partial charge in [-0.3, -0.25) is 9.69 Å². The summed E-state index contributed by atoms with van der Waals surface area (Å²) in [5, 5.41) is 0. The highest BCUT2D eigenvalue weighted by molar-refractivity contribution is 5.76. The van der Waals surface area contributed by atoms with Crippen molar-refractivity contribution < 1.29 is 18.3 Å². The van der Waals surface area contributed by atoms with Crippen LogP contribution in [0, 0.1) is 5.92 Å². The van der Waals surface area contributed by atoms with E-state index in [9.17, 15) is 13.6 Å². The molecule has 0 amide bonds. The molecular formula is C13H23F2NO2. The highest BCUT2D eigenvalue weighted by Crippen LogP contribution is 2.36. The van der Waals surface area contributed by atoms with Gasteiger partial charge in [-0.25, -0.2) is 8.78 Å². The molecule has 106 valence electrons. The van der Waals surface area contributed by atoms with Crippen LogP contribution >= 0.6 is 0 Å². The minimum absolute atomic E-state index is 0.00668. The summed E-state index contributed by atoms with van der Waals surface area (Å²) >= 11 is 0. The average molecular weight is 263 g/mol. The Labute approximate surface area is 107 Å². The summed E-state index contributed by atoms with van der Waals surface area (Å²) < 4.78 is 32.0. The maximum atomic E-state index is 13.6. The predicted octanol–water partition coefficient (Wildman–Crippen LogP) is 2.69. The molecule has 2 unspecified atom stereocenters. The topological polar surface area (TPSA) is 29.5 Å². The van der Waals surface area contributed by atoms with Crippen molar-refractivity contribution in [2.24, 2.45) is 5.92 Å². The molecule has 0 aromatic heterocycles. The average Bonchev–Trinajstić information content (AvgIpc) is 2.55. The maximum absolute atomic E-state index is 13.6. The molecular weight excluding hydrogens is 240 g/mol. The van der Waals surface area contributed by atoms with Crippen molar-refractivity contribution in [3.63, 3.8) is 0 Å². The van der Waals surface area contributed by atoms with Gasteiger partial charge in [-0.05, 0) is 19.3 Å². The zero-order valence-electron chi connectivity index (χ0n) is 11.6. The van der Waals surface area contributed by atoms with Gasteiger partial charge in [0.1, 0.15) is 6.04 Å². The van der Waals surface area contributed by atoms with Crippen molar-refractivity contribution in [3.05, 3.63) is 0 Å². The van der Waals surface area contributed by atoms with Gasteiger partial charge in [-0.15, -0.1) is 0 Å². The highest BCUT2D eigenvalue weighted by atomic mass is 19.3. The van der Waals surface area contributed by atoms with Crippen LogP contribution < -0.4 is 0 Å². The van der Waals surface area contributed by atoms with E-state index in [0.29, 0.717) is 0 Å². The van der Waals surface area contributed by atoms with E-state index in [1.807, 2.05) is 20.8 Å². The number of ether oxygens (including phenoxy) is 1. The summed E-state index contributed by atoms with van der Waals surface area (Å²) in [6.07, 6.45) is 0.332. The Morgan fingerprint density at radius 3 is 2.50 bits per heavy atom.